The van der Waals surface area contributed by atoms with Crippen molar-refractivity contribution in [3.63, 3.8) is 0 Å². The SMILES string of the molecule is CC(C)(C)OC(=O)N1CCS[C@@]1(C(=O)O)[C@H]1CC=CCC1. The van der Waals surface area contributed by atoms with Crippen LogP contribution in [0.4, 0.5) is 4.79 Å². The molecule has 1 aliphatic carbocycles. The summed E-state index contributed by atoms with van der Waals surface area (Å²) in [4.78, 5) is 24.7. The number of hydrogen-bond acceptors (Lipinski definition) is 4. The molecular weight excluding hydrogens is 290 g/mol. The molecule has 0 bridgehead atoms. The summed E-state index contributed by atoms with van der Waals surface area (Å²) < 4.78 is 5.41. The lowest BCUT2D eigenvalue weighted by atomic mass is 9.86. The van der Waals surface area contributed by atoms with E-state index in [2.05, 4.69) is 6.08 Å². The molecule has 5 nitrogen and oxygen atoms in total. The second-order valence-electron chi connectivity index (χ2n) is 6.46. The largest absolute Gasteiger partial charge is 0.479 e. The van der Waals surface area contributed by atoms with Gasteiger partial charge in [-0.3, -0.25) is 4.90 Å². The molecule has 1 heterocycles. The number of ether oxygens (including phenoxy) is 1. The molecule has 0 aromatic heterocycles. The first-order chi connectivity index (χ1) is 9.77. The highest BCUT2D eigenvalue weighted by molar-refractivity contribution is 8.01. The smallest absolute Gasteiger partial charge is 0.411 e. The van der Waals surface area contributed by atoms with Crippen LogP contribution in [0.5, 0.6) is 0 Å². The number of carboxylic acid groups (broad SMARTS) is 1. The molecule has 2 atom stereocenters. The van der Waals surface area contributed by atoms with Gasteiger partial charge >= 0.3 is 12.1 Å². The second-order valence-corrected chi connectivity index (χ2v) is 7.78. The standard InChI is InChI=1S/C15H23NO4S/c1-14(2,3)20-13(19)16-9-10-21-15(16,12(17)18)11-7-5-4-6-8-11/h4-5,11H,6-10H2,1-3H3,(H,17,18)/t11-,15+/m0/s1. The topological polar surface area (TPSA) is 66.8 Å². The number of carboxylic acids is 1. The fraction of sp³-hybridized carbons (Fsp3) is 0.733. The molecule has 0 saturated carbocycles. The molecule has 2 aliphatic rings. The Bertz CT molecular complexity index is 457. The number of amides is 1. The average Bonchev–Trinajstić information content (AvgIpc) is 2.83. The van der Waals surface area contributed by atoms with Crippen molar-refractivity contribution in [2.24, 2.45) is 5.92 Å². The summed E-state index contributed by atoms with van der Waals surface area (Å²) in [5.74, 6) is -0.373. The Labute approximate surface area is 129 Å². The van der Waals surface area contributed by atoms with Crippen LogP contribution in [0.25, 0.3) is 0 Å². The summed E-state index contributed by atoms with van der Waals surface area (Å²) in [6.45, 7) is 5.80. The maximum absolute atomic E-state index is 12.4. The molecule has 0 unspecified atom stereocenters. The van der Waals surface area contributed by atoms with Crippen molar-refractivity contribution in [3.8, 4) is 0 Å². The monoisotopic (exact) mass is 313 g/mol. The van der Waals surface area contributed by atoms with Crippen molar-refractivity contribution in [2.75, 3.05) is 12.3 Å². The van der Waals surface area contributed by atoms with Crippen LogP contribution in [0.2, 0.25) is 0 Å². The molecule has 1 fully saturated rings. The van der Waals surface area contributed by atoms with Crippen molar-refractivity contribution < 1.29 is 19.4 Å². The van der Waals surface area contributed by atoms with Gasteiger partial charge < -0.3 is 9.84 Å². The van der Waals surface area contributed by atoms with Crippen LogP contribution in [0.3, 0.4) is 0 Å². The molecule has 1 amide bonds. The quantitative estimate of drug-likeness (QED) is 0.793. The van der Waals surface area contributed by atoms with Gasteiger partial charge in [-0.25, -0.2) is 9.59 Å². The minimum Gasteiger partial charge on any atom is -0.479 e. The fourth-order valence-electron chi connectivity index (χ4n) is 2.92. The number of rotatable bonds is 2. The molecule has 1 aliphatic heterocycles. The molecule has 118 valence electrons. The van der Waals surface area contributed by atoms with Crippen LogP contribution in [0.1, 0.15) is 40.0 Å². The summed E-state index contributed by atoms with van der Waals surface area (Å²) in [5.41, 5.74) is -0.624. The first-order valence-electron chi connectivity index (χ1n) is 7.30. The number of carbonyl (C=O) groups excluding carboxylic acids is 1. The highest BCUT2D eigenvalue weighted by atomic mass is 32.2. The van der Waals surface area contributed by atoms with Crippen LogP contribution in [0, 0.1) is 5.92 Å². The second kappa shape index (κ2) is 5.91. The Balaban J connectivity index is 2.28. The zero-order chi connectivity index (χ0) is 15.7. The predicted octanol–water partition coefficient (Wildman–Crippen LogP) is 3.11. The maximum Gasteiger partial charge on any atom is 0.411 e. The lowest BCUT2D eigenvalue weighted by Gasteiger charge is -2.40. The summed E-state index contributed by atoms with van der Waals surface area (Å²) in [6.07, 6.45) is 5.91. The summed E-state index contributed by atoms with van der Waals surface area (Å²) in [6, 6.07) is 0. The van der Waals surface area contributed by atoms with E-state index in [1.54, 1.807) is 20.8 Å². The van der Waals surface area contributed by atoms with Crippen LogP contribution in [-0.2, 0) is 9.53 Å². The lowest BCUT2D eigenvalue weighted by molar-refractivity contribution is -0.147. The minimum atomic E-state index is -1.19. The van der Waals surface area contributed by atoms with Crippen LogP contribution >= 0.6 is 11.8 Å². The summed E-state index contributed by atoms with van der Waals surface area (Å²) >= 11 is 1.36. The molecule has 6 heteroatoms. The maximum atomic E-state index is 12.4. The Morgan fingerprint density at radius 1 is 1.38 bits per heavy atom. The molecule has 21 heavy (non-hydrogen) atoms. The van der Waals surface area contributed by atoms with Gasteiger partial charge in [-0.2, -0.15) is 0 Å². The van der Waals surface area contributed by atoms with E-state index in [-0.39, 0.29) is 5.92 Å². The highest BCUT2D eigenvalue weighted by Crippen LogP contribution is 2.47. The van der Waals surface area contributed by atoms with Crippen molar-refractivity contribution in [2.45, 2.75) is 50.5 Å². The zero-order valence-electron chi connectivity index (χ0n) is 12.8. The average molecular weight is 313 g/mol. The minimum absolute atomic E-state index is 0.0694. The third-order valence-electron chi connectivity index (χ3n) is 3.78. The van der Waals surface area contributed by atoms with E-state index in [4.69, 9.17) is 4.74 Å². The molecule has 0 spiro atoms. The number of aliphatic carboxylic acids is 1. The number of hydrogen-bond donors (Lipinski definition) is 1. The summed E-state index contributed by atoms with van der Waals surface area (Å²) in [7, 11) is 0. The predicted molar refractivity (Wildman–Crippen MR) is 82.2 cm³/mol. The van der Waals surface area contributed by atoms with Crippen LogP contribution < -0.4 is 0 Å². The Hall–Kier alpha value is -1.17. The molecule has 1 N–H and O–H groups in total. The third kappa shape index (κ3) is 3.20. The van der Waals surface area contributed by atoms with Crippen molar-refractivity contribution in [3.05, 3.63) is 12.2 Å². The Morgan fingerprint density at radius 3 is 2.62 bits per heavy atom. The van der Waals surface area contributed by atoms with Gasteiger partial charge in [0.25, 0.3) is 0 Å². The number of allylic oxidation sites excluding steroid dienone is 2. The molecule has 0 radical (unpaired) electrons. The van der Waals surface area contributed by atoms with E-state index in [1.165, 1.54) is 16.7 Å². The van der Waals surface area contributed by atoms with Gasteiger partial charge in [0.15, 0.2) is 4.87 Å². The molecule has 0 aromatic carbocycles. The van der Waals surface area contributed by atoms with Crippen LogP contribution in [-0.4, -0.2) is 44.8 Å². The number of nitrogens with zero attached hydrogens (tertiary/aromatic N) is 1. The van der Waals surface area contributed by atoms with E-state index in [9.17, 15) is 14.7 Å². The van der Waals surface area contributed by atoms with Crippen LogP contribution in [0.15, 0.2) is 12.2 Å². The lowest BCUT2D eigenvalue weighted by Crippen LogP contribution is -2.57. The van der Waals surface area contributed by atoms with Gasteiger partial charge in [-0.1, -0.05) is 12.2 Å². The van der Waals surface area contributed by atoms with E-state index >= 15 is 0 Å². The van der Waals surface area contributed by atoms with Gasteiger partial charge in [0.2, 0.25) is 0 Å². The van der Waals surface area contributed by atoms with Gasteiger partial charge in [-0.05, 0) is 40.0 Å². The van der Waals surface area contributed by atoms with E-state index in [0.717, 1.165) is 12.8 Å². The van der Waals surface area contributed by atoms with E-state index in [1.807, 2.05) is 6.08 Å². The van der Waals surface area contributed by atoms with Crippen molar-refractivity contribution >= 4 is 23.8 Å². The zero-order valence-corrected chi connectivity index (χ0v) is 13.6. The molecule has 1 saturated heterocycles. The number of carbonyl (C=O) groups is 2. The Kier molecular flexibility index (Phi) is 4.56. The van der Waals surface area contributed by atoms with E-state index < -0.39 is 22.5 Å². The van der Waals surface area contributed by atoms with Crippen molar-refractivity contribution in [1.82, 2.24) is 4.90 Å². The molecule has 2 rings (SSSR count). The van der Waals surface area contributed by atoms with E-state index in [0.29, 0.717) is 18.7 Å². The van der Waals surface area contributed by atoms with Crippen molar-refractivity contribution in [1.29, 1.82) is 0 Å². The fourth-order valence-corrected chi connectivity index (χ4v) is 4.40. The Morgan fingerprint density at radius 2 is 2.10 bits per heavy atom. The highest BCUT2D eigenvalue weighted by Gasteiger charge is 2.56. The normalized spacial score (nSPS) is 29.5. The van der Waals surface area contributed by atoms with Gasteiger partial charge in [0.05, 0.1) is 0 Å². The third-order valence-corrected chi connectivity index (χ3v) is 5.34. The number of thioether (sulfide) groups is 1. The van der Waals surface area contributed by atoms with Gasteiger partial charge in [0, 0.05) is 18.2 Å². The molecule has 0 aromatic rings. The van der Waals surface area contributed by atoms with Gasteiger partial charge in [-0.15, -0.1) is 11.8 Å². The molecular formula is C15H23NO4S. The first-order valence-corrected chi connectivity index (χ1v) is 8.29. The van der Waals surface area contributed by atoms with Gasteiger partial charge in [0.1, 0.15) is 5.60 Å². The first kappa shape index (κ1) is 16.2. The summed E-state index contributed by atoms with van der Waals surface area (Å²) in [5, 5.41) is 9.84.